The van der Waals surface area contributed by atoms with Crippen molar-refractivity contribution in [2.75, 3.05) is 32.5 Å². The molecule has 1 fully saturated rings. The highest BCUT2D eigenvalue weighted by Crippen LogP contribution is 2.29. The number of carbonyl (C=O) groups excluding carboxylic acids is 2. The number of aryl methyl sites for hydroxylation is 2. The highest BCUT2D eigenvalue weighted by atomic mass is 32.1. The maximum Gasteiger partial charge on any atom is 0.321 e. The average molecular weight is 490 g/mol. The molecule has 186 valence electrons. The number of hydrogen-bond acceptors (Lipinski definition) is 5. The van der Waals surface area contributed by atoms with Crippen LogP contribution in [0.25, 0.3) is 0 Å². The summed E-state index contributed by atoms with van der Waals surface area (Å²) in [4.78, 5) is 33.0. The van der Waals surface area contributed by atoms with E-state index in [1.165, 1.54) is 23.5 Å². The molecule has 34 heavy (non-hydrogen) atoms. The Morgan fingerprint density at radius 3 is 2.59 bits per heavy atom. The van der Waals surface area contributed by atoms with E-state index in [4.69, 9.17) is 0 Å². The highest BCUT2D eigenvalue weighted by molar-refractivity contribution is 7.13. The Morgan fingerprint density at radius 1 is 1.21 bits per heavy atom. The molecule has 9 heteroatoms. The van der Waals surface area contributed by atoms with Gasteiger partial charge in [0, 0.05) is 38.0 Å². The maximum absolute atomic E-state index is 13.1. The molecule has 0 saturated heterocycles. The summed E-state index contributed by atoms with van der Waals surface area (Å²) >= 11 is 1.41. The minimum absolute atomic E-state index is 0.0252. The van der Waals surface area contributed by atoms with E-state index >= 15 is 0 Å². The first-order valence-corrected chi connectivity index (χ1v) is 12.7. The minimum Gasteiger partial charge on any atom is -0.343 e. The maximum atomic E-state index is 13.1. The topological polar surface area (TPSA) is 77.6 Å². The summed E-state index contributed by atoms with van der Waals surface area (Å²) in [5.74, 6) is 0.0793. The molecule has 3 atom stereocenters. The molecule has 1 aliphatic rings. The second-order valence-corrected chi connectivity index (χ2v) is 10.2. The predicted octanol–water partition coefficient (Wildman–Crippen LogP) is 4.29. The summed E-state index contributed by atoms with van der Waals surface area (Å²) in [5, 5.41) is 8.50. The van der Waals surface area contributed by atoms with E-state index in [2.05, 4.69) is 27.6 Å². The number of nitrogens with zero attached hydrogens (tertiary/aromatic N) is 3. The third-order valence-corrected chi connectivity index (χ3v) is 7.50. The summed E-state index contributed by atoms with van der Waals surface area (Å²) in [7, 11) is 3.96. The lowest BCUT2D eigenvalue weighted by Crippen LogP contribution is -2.52. The molecule has 0 radical (unpaired) electrons. The Hall–Kier alpha value is -2.52. The first kappa shape index (κ1) is 26.1. The second kappa shape index (κ2) is 12.3. The molecule has 1 saturated carbocycles. The second-order valence-electron chi connectivity index (χ2n) is 9.35. The van der Waals surface area contributed by atoms with Crippen LogP contribution in [-0.4, -0.2) is 66.0 Å². The molecule has 2 N–H and O–H groups in total. The summed E-state index contributed by atoms with van der Waals surface area (Å²) in [6, 6.07) is 6.64. The van der Waals surface area contributed by atoms with Gasteiger partial charge in [0.25, 0.3) is 0 Å². The summed E-state index contributed by atoms with van der Waals surface area (Å²) < 4.78 is 13.1. The number of hydrogen-bond donors (Lipinski definition) is 2. The fourth-order valence-corrected chi connectivity index (χ4v) is 5.33. The number of carbonyl (C=O) groups is 2. The average Bonchev–Trinajstić information content (AvgIpc) is 3.20. The SMILES string of the molecule is CC(=O)N(C)[C@H]1CC[C@@H](NC(=O)Nc2nc(C)cs2)[C@H](CN(C)CCCc2ccc(F)cc2)C1. The molecule has 1 aromatic carbocycles. The monoisotopic (exact) mass is 489 g/mol. The summed E-state index contributed by atoms with van der Waals surface area (Å²) in [6.45, 7) is 5.23. The van der Waals surface area contributed by atoms with Crippen molar-refractivity contribution < 1.29 is 14.0 Å². The number of nitrogens with one attached hydrogen (secondary N) is 2. The van der Waals surface area contributed by atoms with E-state index in [1.807, 2.05) is 36.4 Å². The third kappa shape index (κ3) is 7.77. The van der Waals surface area contributed by atoms with Crippen LogP contribution in [0.15, 0.2) is 29.6 Å². The molecule has 2 aromatic rings. The molecular formula is C25H36FN5O2S. The van der Waals surface area contributed by atoms with Gasteiger partial charge in [-0.05, 0) is 76.2 Å². The number of amides is 3. The molecule has 7 nitrogen and oxygen atoms in total. The Balaban J connectivity index is 1.56. The van der Waals surface area contributed by atoms with Gasteiger partial charge in [-0.3, -0.25) is 10.1 Å². The molecule has 1 aliphatic carbocycles. The largest absolute Gasteiger partial charge is 0.343 e. The fourth-order valence-electron chi connectivity index (χ4n) is 4.65. The highest BCUT2D eigenvalue weighted by Gasteiger charge is 2.34. The number of aromatic nitrogens is 1. The lowest BCUT2D eigenvalue weighted by atomic mass is 9.80. The van der Waals surface area contributed by atoms with Gasteiger partial charge in [0.2, 0.25) is 5.91 Å². The molecule has 1 aromatic heterocycles. The van der Waals surface area contributed by atoms with Gasteiger partial charge in [0.05, 0.1) is 5.69 Å². The van der Waals surface area contributed by atoms with Crippen LogP contribution < -0.4 is 10.6 Å². The molecular weight excluding hydrogens is 453 g/mol. The van der Waals surface area contributed by atoms with Crippen molar-refractivity contribution in [3.05, 3.63) is 46.7 Å². The quantitative estimate of drug-likeness (QED) is 0.551. The predicted molar refractivity (Wildman–Crippen MR) is 135 cm³/mol. The van der Waals surface area contributed by atoms with E-state index in [9.17, 15) is 14.0 Å². The van der Waals surface area contributed by atoms with Crippen LogP contribution in [0.4, 0.5) is 14.3 Å². The van der Waals surface area contributed by atoms with E-state index in [-0.39, 0.29) is 35.8 Å². The van der Waals surface area contributed by atoms with Gasteiger partial charge in [-0.1, -0.05) is 12.1 Å². The Kier molecular flexibility index (Phi) is 9.41. The molecule has 0 bridgehead atoms. The summed E-state index contributed by atoms with van der Waals surface area (Å²) in [6.07, 6.45) is 4.39. The molecule has 3 amide bonds. The van der Waals surface area contributed by atoms with Crippen LogP contribution in [0.1, 0.15) is 43.9 Å². The van der Waals surface area contributed by atoms with Crippen molar-refractivity contribution in [3.63, 3.8) is 0 Å². The van der Waals surface area contributed by atoms with Crippen LogP contribution in [-0.2, 0) is 11.2 Å². The standard InChI is InChI=1S/C25H36FN5O2S/c1-17-16-34-25(27-17)29-24(33)28-23-12-11-22(31(4)18(2)32)14-20(23)15-30(3)13-5-6-19-7-9-21(26)10-8-19/h7-10,16,20,22-23H,5-6,11-15H2,1-4H3,(H2,27,28,29,33)/t20-,22-,23+/m0/s1. The van der Waals surface area contributed by atoms with Crippen molar-refractivity contribution in [1.82, 2.24) is 20.1 Å². The first-order valence-electron chi connectivity index (χ1n) is 11.9. The van der Waals surface area contributed by atoms with Gasteiger partial charge in [0.1, 0.15) is 5.82 Å². The van der Waals surface area contributed by atoms with Gasteiger partial charge in [0.15, 0.2) is 5.13 Å². The number of anilines is 1. The van der Waals surface area contributed by atoms with Crippen LogP contribution in [0.2, 0.25) is 0 Å². The summed E-state index contributed by atoms with van der Waals surface area (Å²) in [5.41, 5.74) is 2.01. The normalized spacial score (nSPS) is 20.2. The van der Waals surface area contributed by atoms with Crippen LogP contribution >= 0.6 is 11.3 Å². The van der Waals surface area contributed by atoms with Crippen molar-refractivity contribution >= 4 is 28.4 Å². The smallest absolute Gasteiger partial charge is 0.321 e. The van der Waals surface area contributed by atoms with Crippen molar-refractivity contribution in [2.24, 2.45) is 5.92 Å². The molecule has 0 aliphatic heterocycles. The van der Waals surface area contributed by atoms with Gasteiger partial charge in [-0.2, -0.15) is 0 Å². The molecule has 3 rings (SSSR count). The lowest BCUT2D eigenvalue weighted by molar-refractivity contribution is -0.130. The minimum atomic E-state index is -0.235. The van der Waals surface area contributed by atoms with Crippen molar-refractivity contribution in [2.45, 2.75) is 58.0 Å². The molecule has 1 heterocycles. The first-order chi connectivity index (χ1) is 16.2. The zero-order chi connectivity index (χ0) is 24.7. The number of halogens is 1. The Bertz CT molecular complexity index is 951. The van der Waals surface area contributed by atoms with Gasteiger partial charge >= 0.3 is 6.03 Å². The molecule has 0 spiro atoms. The number of benzene rings is 1. The van der Waals surface area contributed by atoms with Gasteiger partial charge in [-0.25, -0.2) is 14.2 Å². The zero-order valence-corrected chi connectivity index (χ0v) is 21.3. The van der Waals surface area contributed by atoms with Crippen molar-refractivity contribution in [3.8, 4) is 0 Å². The van der Waals surface area contributed by atoms with Crippen LogP contribution in [0, 0.1) is 18.7 Å². The van der Waals surface area contributed by atoms with Crippen LogP contribution in [0.5, 0.6) is 0 Å². The van der Waals surface area contributed by atoms with Crippen LogP contribution in [0.3, 0.4) is 0 Å². The number of urea groups is 1. The van der Waals surface area contributed by atoms with Gasteiger partial charge < -0.3 is 15.1 Å². The van der Waals surface area contributed by atoms with E-state index < -0.39 is 0 Å². The van der Waals surface area contributed by atoms with E-state index in [0.29, 0.717) is 5.13 Å². The van der Waals surface area contributed by atoms with Crippen molar-refractivity contribution in [1.29, 1.82) is 0 Å². The lowest BCUT2D eigenvalue weighted by Gasteiger charge is -2.41. The fraction of sp³-hybridized carbons (Fsp3) is 0.560. The third-order valence-electron chi connectivity index (χ3n) is 6.62. The zero-order valence-electron chi connectivity index (χ0n) is 20.5. The Morgan fingerprint density at radius 2 is 1.94 bits per heavy atom. The Labute approximate surface area is 205 Å². The number of rotatable bonds is 9. The van der Waals surface area contributed by atoms with E-state index in [0.717, 1.165) is 56.5 Å². The molecule has 0 unspecified atom stereocenters. The van der Waals surface area contributed by atoms with Gasteiger partial charge in [-0.15, -0.1) is 11.3 Å². The van der Waals surface area contributed by atoms with E-state index in [1.54, 1.807) is 6.92 Å². The number of thiazole rings is 1.